The Morgan fingerprint density at radius 2 is 2.00 bits per heavy atom. The summed E-state index contributed by atoms with van der Waals surface area (Å²) in [6.45, 7) is 13.5. The Balaban J connectivity index is 1.68. The predicted molar refractivity (Wildman–Crippen MR) is 110 cm³/mol. The number of benzene rings is 1. The molecule has 0 spiro atoms. The Hall–Kier alpha value is -1.59. The highest BCUT2D eigenvalue weighted by molar-refractivity contribution is 5.69. The van der Waals surface area contributed by atoms with Gasteiger partial charge in [0.1, 0.15) is 5.75 Å². The number of aliphatic carboxylic acids is 1. The maximum atomic E-state index is 11.0. The molecule has 0 aliphatic carbocycles. The number of hydrogen-bond donors (Lipinski definition) is 1. The van der Waals surface area contributed by atoms with Crippen LogP contribution >= 0.6 is 0 Å². The zero-order chi connectivity index (χ0) is 19.9. The molecule has 0 saturated carbocycles. The minimum Gasteiger partial charge on any atom is -0.494 e. The highest BCUT2D eigenvalue weighted by Gasteiger charge is 2.24. The molecule has 1 aliphatic heterocycles. The monoisotopic (exact) mass is 376 g/mol. The summed E-state index contributed by atoms with van der Waals surface area (Å²) >= 11 is 0. The number of nitrogens with zero attached hydrogens (tertiary/aromatic N) is 2. The molecule has 0 atom stereocenters. The molecule has 1 N–H and O–H groups in total. The molecule has 5 nitrogen and oxygen atoms in total. The van der Waals surface area contributed by atoms with Gasteiger partial charge in [-0.3, -0.25) is 9.69 Å². The van der Waals surface area contributed by atoms with Gasteiger partial charge in [0, 0.05) is 12.6 Å². The van der Waals surface area contributed by atoms with Crippen LogP contribution < -0.4 is 4.74 Å². The largest absolute Gasteiger partial charge is 0.494 e. The fourth-order valence-corrected chi connectivity index (χ4v) is 3.71. The normalized spacial score (nSPS) is 16.6. The molecule has 1 aliphatic rings. The fourth-order valence-electron chi connectivity index (χ4n) is 3.71. The fraction of sp³-hybridized carbons (Fsp3) is 0.682. The molecule has 1 heterocycles. The summed E-state index contributed by atoms with van der Waals surface area (Å²) in [6.07, 6.45) is 3.11. The van der Waals surface area contributed by atoms with Crippen molar-refractivity contribution in [3.8, 4) is 5.75 Å². The van der Waals surface area contributed by atoms with Gasteiger partial charge >= 0.3 is 5.97 Å². The van der Waals surface area contributed by atoms with Gasteiger partial charge in [0.05, 0.1) is 13.2 Å². The maximum absolute atomic E-state index is 11.0. The van der Waals surface area contributed by atoms with Crippen LogP contribution in [0.4, 0.5) is 0 Å². The third kappa shape index (κ3) is 7.15. The Bertz CT molecular complexity index is 589. The van der Waals surface area contributed by atoms with Crippen LogP contribution in [0, 0.1) is 0 Å². The summed E-state index contributed by atoms with van der Waals surface area (Å²) in [7, 11) is 0. The molecule has 0 amide bonds. The number of carboxylic acids is 1. The van der Waals surface area contributed by atoms with Crippen LogP contribution in [-0.2, 0) is 10.2 Å². The molecular formula is C22H36N2O3. The molecule has 0 radical (unpaired) electrons. The van der Waals surface area contributed by atoms with Crippen molar-refractivity contribution in [3.63, 3.8) is 0 Å². The highest BCUT2D eigenvalue weighted by Crippen LogP contribution is 2.25. The van der Waals surface area contributed by atoms with Gasteiger partial charge in [-0.2, -0.15) is 0 Å². The van der Waals surface area contributed by atoms with Crippen molar-refractivity contribution >= 4 is 5.97 Å². The molecule has 0 bridgehead atoms. The molecule has 1 aromatic rings. The van der Waals surface area contributed by atoms with E-state index in [9.17, 15) is 4.79 Å². The quantitative estimate of drug-likeness (QED) is 0.667. The Labute approximate surface area is 164 Å². The zero-order valence-electron chi connectivity index (χ0n) is 17.4. The Morgan fingerprint density at radius 1 is 1.30 bits per heavy atom. The van der Waals surface area contributed by atoms with Crippen molar-refractivity contribution in [1.82, 2.24) is 9.80 Å². The van der Waals surface area contributed by atoms with Gasteiger partial charge in [-0.1, -0.05) is 39.8 Å². The number of rotatable bonds is 9. The number of likely N-dealkylation sites (N-methyl/N-ethyl adjacent to an activating group) is 1. The van der Waals surface area contributed by atoms with Crippen LogP contribution in [0.25, 0.3) is 0 Å². The smallest absolute Gasteiger partial charge is 0.317 e. The lowest BCUT2D eigenvalue weighted by atomic mass is 9.87. The molecule has 1 saturated heterocycles. The van der Waals surface area contributed by atoms with Crippen LogP contribution in [0.5, 0.6) is 5.75 Å². The van der Waals surface area contributed by atoms with Gasteiger partial charge in [-0.05, 0) is 62.0 Å². The molecule has 0 aromatic heterocycles. The summed E-state index contributed by atoms with van der Waals surface area (Å²) < 4.78 is 5.95. The van der Waals surface area contributed by atoms with E-state index in [0.29, 0.717) is 6.04 Å². The van der Waals surface area contributed by atoms with Crippen LogP contribution in [0.2, 0.25) is 0 Å². The van der Waals surface area contributed by atoms with Gasteiger partial charge in [0.25, 0.3) is 0 Å². The number of likely N-dealkylation sites (tertiary alicyclic amines) is 1. The van der Waals surface area contributed by atoms with Crippen LogP contribution in [0.15, 0.2) is 24.3 Å². The van der Waals surface area contributed by atoms with Crippen molar-refractivity contribution in [2.75, 3.05) is 39.3 Å². The summed E-state index contributed by atoms with van der Waals surface area (Å²) in [6, 6.07) is 8.80. The molecule has 5 heteroatoms. The van der Waals surface area contributed by atoms with E-state index in [1.54, 1.807) is 0 Å². The van der Waals surface area contributed by atoms with E-state index in [1.165, 1.54) is 5.56 Å². The van der Waals surface area contributed by atoms with Crippen molar-refractivity contribution in [1.29, 1.82) is 0 Å². The summed E-state index contributed by atoms with van der Waals surface area (Å²) in [5.74, 6) is 0.223. The van der Waals surface area contributed by atoms with E-state index >= 15 is 0 Å². The first-order valence-corrected chi connectivity index (χ1v) is 10.2. The van der Waals surface area contributed by atoms with Gasteiger partial charge in [-0.15, -0.1) is 0 Å². The third-order valence-electron chi connectivity index (χ3n) is 5.41. The second-order valence-electron chi connectivity index (χ2n) is 8.51. The van der Waals surface area contributed by atoms with Crippen molar-refractivity contribution in [3.05, 3.63) is 29.8 Å². The van der Waals surface area contributed by atoms with Crippen LogP contribution in [0.3, 0.4) is 0 Å². The number of carboxylic acid groups (broad SMARTS) is 1. The van der Waals surface area contributed by atoms with E-state index in [2.05, 4.69) is 48.8 Å². The van der Waals surface area contributed by atoms with Crippen LogP contribution in [-0.4, -0.2) is 66.2 Å². The molecule has 1 aromatic carbocycles. The van der Waals surface area contributed by atoms with Gasteiger partial charge in [0.15, 0.2) is 0 Å². The Morgan fingerprint density at radius 3 is 2.59 bits per heavy atom. The van der Waals surface area contributed by atoms with E-state index in [-0.39, 0.29) is 12.0 Å². The van der Waals surface area contributed by atoms with E-state index in [4.69, 9.17) is 9.84 Å². The second kappa shape index (κ2) is 10.1. The standard InChI is InChI=1S/C22H36N2O3/c1-5-24(17-21(25)26)19-10-13-23(14-11-19)12-7-15-27-20-9-6-8-18(16-20)22(2,3)4/h6,8-9,16,19H,5,7,10-15,17H2,1-4H3,(H,25,26). The lowest BCUT2D eigenvalue weighted by Gasteiger charge is -2.37. The maximum Gasteiger partial charge on any atom is 0.317 e. The van der Waals surface area contributed by atoms with E-state index in [0.717, 1.165) is 57.8 Å². The first-order valence-electron chi connectivity index (χ1n) is 10.2. The number of carbonyl (C=O) groups is 1. The number of piperidine rings is 1. The van der Waals surface area contributed by atoms with Crippen molar-refractivity contribution in [2.45, 2.75) is 58.4 Å². The lowest BCUT2D eigenvalue weighted by Crippen LogP contribution is -2.46. The van der Waals surface area contributed by atoms with Crippen molar-refractivity contribution in [2.24, 2.45) is 0 Å². The molecule has 1 fully saturated rings. The zero-order valence-corrected chi connectivity index (χ0v) is 17.4. The average Bonchev–Trinajstić information content (AvgIpc) is 2.63. The minimum atomic E-state index is -0.730. The summed E-state index contributed by atoms with van der Waals surface area (Å²) in [4.78, 5) is 15.5. The molecule has 152 valence electrons. The molecule has 27 heavy (non-hydrogen) atoms. The first-order chi connectivity index (χ1) is 12.8. The van der Waals surface area contributed by atoms with Crippen molar-refractivity contribution < 1.29 is 14.6 Å². The van der Waals surface area contributed by atoms with E-state index in [1.807, 2.05) is 13.0 Å². The SMILES string of the molecule is CCN(CC(=O)O)C1CCN(CCCOc2cccc(C(C)(C)C)c2)CC1. The van der Waals surface area contributed by atoms with E-state index < -0.39 is 5.97 Å². The van der Waals surface area contributed by atoms with Gasteiger partial charge in [0.2, 0.25) is 0 Å². The van der Waals surface area contributed by atoms with Gasteiger partial charge in [-0.25, -0.2) is 0 Å². The number of ether oxygens (including phenoxy) is 1. The lowest BCUT2D eigenvalue weighted by molar-refractivity contribution is -0.139. The molecular weight excluding hydrogens is 340 g/mol. The van der Waals surface area contributed by atoms with Crippen LogP contribution in [0.1, 0.15) is 52.5 Å². The average molecular weight is 377 g/mol. The Kier molecular flexibility index (Phi) is 8.11. The summed E-state index contributed by atoms with van der Waals surface area (Å²) in [5, 5.41) is 9.03. The van der Waals surface area contributed by atoms with Gasteiger partial charge < -0.3 is 14.7 Å². The predicted octanol–water partition coefficient (Wildman–Crippen LogP) is 3.62. The topological polar surface area (TPSA) is 53.0 Å². The first kappa shape index (κ1) is 21.7. The number of hydrogen-bond acceptors (Lipinski definition) is 4. The molecule has 0 unspecified atom stereocenters. The minimum absolute atomic E-state index is 0.136. The summed E-state index contributed by atoms with van der Waals surface area (Å²) in [5.41, 5.74) is 1.43. The molecule has 2 rings (SSSR count). The second-order valence-corrected chi connectivity index (χ2v) is 8.51. The third-order valence-corrected chi connectivity index (χ3v) is 5.41. The highest BCUT2D eigenvalue weighted by atomic mass is 16.5.